The van der Waals surface area contributed by atoms with Crippen LogP contribution in [0.5, 0.6) is 5.75 Å². The van der Waals surface area contributed by atoms with Crippen LogP contribution >= 0.6 is 35.0 Å². The number of carbonyl (C=O) groups excluding carboxylic acids is 1. The summed E-state index contributed by atoms with van der Waals surface area (Å²) in [4.78, 5) is 30.1. The van der Waals surface area contributed by atoms with E-state index in [2.05, 4.69) is 10.3 Å². The molecule has 3 rings (SSSR count). The lowest BCUT2D eigenvalue weighted by Gasteiger charge is -2.15. The van der Waals surface area contributed by atoms with Gasteiger partial charge in [0.2, 0.25) is 5.91 Å². The second kappa shape index (κ2) is 9.73. The maximum absolute atomic E-state index is 13.0. The third-order valence-electron chi connectivity index (χ3n) is 4.20. The summed E-state index contributed by atoms with van der Waals surface area (Å²) >= 11 is 13.3. The van der Waals surface area contributed by atoms with E-state index in [1.54, 1.807) is 41.0 Å². The zero-order chi connectivity index (χ0) is 21.8. The lowest BCUT2D eigenvalue weighted by Crippen LogP contribution is -2.26. The lowest BCUT2D eigenvalue weighted by molar-refractivity contribution is -0.113. The van der Waals surface area contributed by atoms with Crippen LogP contribution < -0.4 is 15.6 Å². The summed E-state index contributed by atoms with van der Waals surface area (Å²) < 4.78 is 6.85. The molecule has 0 saturated carbocycles. The molecule has 0 spiro atoms. The zero-order valence-corrected chi connectivity index (χ0v) is 19.1. The van der Waals surface area contributed by atoms with Gasteiger partial charge in [-0.25, -0.2) is 4.98 Å². The van der Waals surface area contributed by atoms with Crippen molar-refractivity contribution in [3.8, 4) is 5.75 Å². The zero-order valence-electron chi connectivity index (χ0n) is 16.7. The summed E-state index contributed by atoms with van der Waals surface area (Å²) in [5.74, 6) is 0.543. The van der Waals surface area contributed by atoms with Gasteiger partial charge in [0.15, 0.2) is 5.16 Å². The number of rotatable bonds is 7. The Morgan fingerprint density at radius 2 is 1.90 bits per heavy atom. The van der Waals surface area contributed by atoms with Crippen LogP contribution in [0.3, 0.4) is 0 Å². The number of anilines is 1. The van der Waals surface area contributed by atoms with Crippen LogP contribution in [0.4, 0.5) is 5.69 Å². The number of fused-ring (bicyclic) bond motifs is 1. The largest absolute Gasteiger partial charge is 0.495 e. The monoisotopic (exact) mass is 465 g/mol. The first kappa shape index (κ1) is 22.5. The number of thioether (sulfide) groups is 1. The minimum Gasteiger partial charge on any atom is -0.495 e. The molecule has 0 atom stereocenters. The number of methoxy groups -OCH3 is 1. The number of nitrogens with one attached hydrogen (secondary N) is 1. The molecule has 0 aliphatic carbocycles. The first-order chi connectivity index (χ1) is 14.3. The molecule has 6 nitrogen and oxygen atoms in total. The summed E-state index contributed by atoms with van der Waals surface area (Å²) in [6.07, 6.45) is 0. The lowest BCUT2D eigenvalue weighted by atomic mass is 10.2. The second-order valence-corrected chi connectivity index (χ2v) is 8.86. The summed E-state index contributed by atoms with van der Waals surface area (Å²) in [5, 5.41) is 4.70. The van der Waals surface area contributed by atoms with Crippen LogP contribution in [0, 0.1) is 5.92 Å². The number of hydrogen-bond acceptors (Lipinski definition) is 5. The number of amides is 1. The van der Waals surface area contributed by atoms with Gasteiger partial charge in [0.25, 0.3) is 5.56 Å². The maximum atomic E-state index is 13.0. The van der Waals surface area contributed by atoms with E-state index >= 15 is 0 Å². The topological polar surface area (TPSA) is 73.2 Å². The molecule has 0 unspecified atom stereocenters. The Morgan fingerprint density at radius 3 is 2.60 bits per heavy atom. The Balaban J connectivity index is 1.86. The highest BCUT2D eigenvalue weighted by atomic mass is 35.5. The molecular formula is C21H21Cl2N3O3S. The van der Waals surface area contributed by atoms with E-state index in [1.807, 2.05) is 13.8 Å². The Bertz CT molecular complexity index is 1150. The number of nitrogens with zero attached hydrogens (tertiary/aromatic N) is 2. The molecule has 1 amide bonds. The van der Waals surface area contributed by atoms with Crippen molar-refractivity contribution in [2.45, 2.75) is 25.5 Å². The van der Waals surface area contributed by atoms with Crippen LogP contribution in [0.1, 0.15) is 13.8 Å². The van der Waals surface area contributed by atoms with Crippen LogP contribution in [-0.2, 0) is 11.3 Å². The molecule has 2 aromatic carbocycles. The van der Waals surface area contributed by atoms with Gasteiger partial charge in [0.05, 0.1) is 29.5 Å². The van der Waals surface area contributed by atoms with Gasteiger partial charge in [-0.1, -0.05) is 48.8 Å². The molecule has 3 aromatic rings. The van der Waals surface area contributed by atoms with E-state index in [9.17, 15) is 9.59 Å². The molecule has 0 aliphatic heterocycles. The highest BCUT2D eigenvalue weighted by Crippen LogP contribution is 2.28. The van der Waals surface area contributed by atoms with Crippen molar-refractivity contribution in [1.82, 2.24) is 9.55 Å². The number of ether oxygens (including phenoxy) is 1. The van der Waals surface area contributed by atoms with Crippen molar-refractivity contribution in [2.24, 2.45) is 5.92 Å². The Kier molecular flexibility index (Phi) is 7.28. The fraction of sp³-hybridized carbons (Fsp3) is 0.286. The van der Waals surface area contributed by atoms with Crippen molar-refractivity contribution in [2.75, 3.05) is 18.2 Å². The van der Waals surface area contributed by atoms with E-state index in [0.29, 0.717) is 44.1 Å². The molecule has 0 fully saturated rings. The fourth-order valence-corrected chi connectivity index (χ4v) is 4.06. The molecule has 0 radical (unpaired) electrons. The van der Waals surface area contributed by atoms with Crippen LogP contribution in [0.2, 0.25) is 10.0 Å². The summed E-state index contributed by atoms with van der Waals surface area (Å²) in [7, 11) is 1.52. The van der Waals surface area contributed by atoms with Crippen LogP contribution in [0.25, 0.3) is 10.9 Å². The number of benzene rings is 2. The minimum absolute atomic E-state index is 0.0687. The molecular weight excluding hydrogens is 445 g/mol. The number of aromatic nitrogens is 2. The molecule has 1 aromatic heterocycles. The molecule has 0 aliphatic rings. The molecule has 0 saturated heterocycles. The van der Waals surface area contributed by atoms with E-state index in [4.69, 9.17) is 27.9 Å². The normalized spacial score (nSPS) is 11.1. The first-order valence-corrected chi connectivity index (χ1v) is 11.0. The van der Waals surface area contributed by atoms with Gasteiger partial charge in [-0.3, -0.25) is 14.2 Å². The van der Waals surface area contributed by atoms with Crippen LogP contribution in [-0.4, -0.2) is 28.3 Å². The maximum Gasteiger partial charge on any atom is 0.262 e. The average molecular weight is 466 g/mol. The third kappa shape index (κ3) is 5.28. The molecule has 1 N–H and O–H groups in total. The predicted molar refractivity (Wildman–Crippen MR) is 123 cm³/mol. The van der Waals surface area contributed by atoms with Gasteiger partial charge in [0, 0.05) is 16.6 Å². The number of carbonyl (C=O) groups is 1. The fourth-order valence-electron chi connectivity index (χ4n) is 2.90. The standard InChI is InChI=1S/C21H21Cl2N3O3S/c1-12(2)10-26-20(28)15-8-13(22)4-6-16(15)25-21(26)30-11-19(27)24-17-9-14(23)5-7-18(17)29-3/h4-9,12H,10-11H2,1-3H3,(H,24,27). The van der Waals surface area contributed by atoms with Gasteiger partial charge in [-0.05, 0) is 42.3 Å². The third-order valence-corrected chi connectivity index (χ3v) is 5.64. The summed E-state index contributed by atoms with van der Waals surface area (Å²) in [6, 6.07) is 10.0. The summed E-state index contributed by atoms with van der Waals surface area (Å²) in [6.45, 7) is 4.52. The van der Waals surface area contributed by atoms with Gasteiger partial charge < -0.3 is 10.1 Å². The van der Waals surface area contributed by atoms with Crippen molar-refractivity contribution in [3.63, 3.8) is 0 Å². The smallest absolute Gasteiger partial charge is 0.262 e. The average Bonchev–Trinajstić information content (AvgIpc) is 2.69. The predicted octanol–water partition coefficient (Wildman–Crippen LogP) is 5.10. The van der Waals surface area contributed by atoms with Gasteiger partial charge >= 0.3 is 0 Å². The molecule has 0 bridgehead atoms. The Labute approximate surface area is 188 Å². The quantitative estimate of drug-likeness (QED) is 0.388. The van der Waals surface area contributed by atoms with Crippen molar-refractivity contribution < 1.29 is 9.53 Å². The molecule has 30 heavy (non-hydrogen) atoms. The summed E-state index contributed by atoms with van der Waals surface area (Å²) in [5.41, 5.74) is 0.857. The molecule has 1 heterocycles. The second-order valence-electron chi connectivity index (χ2n) is 7.05. The Morgan fingerprint density at radius 1 is 1.20 bits per heavy atom. The highest BCUT2D eigenvalue weighted by molar-refractivity contribution is 7.99. The van der Waals surface area contributed by atoms with E-state index in [1.165, 1.54) is 18.9 Å². The van der Waals surface area contributed by atoms with Crippen molar-refractivity contribution in [3.05, 3.63) is 56.8 Å². The first-order valence-electron chi connectivity index (χ1n) is 9.24. The van der Waals surface area contributed by atoms with E-state index in [-0.39, 0.29) is 23.1 Å². The highest BCUT2D eigenvalue weighted by Gasteiger charge is 2.15. The van der Waals surface area contributed by atoms with Crippen molar-refractivity contribution >= 4 is 57.5 Å². The van der Waals surface area contributed by atoms with Crippen LogP contribution in [0.15, 0.2) is 46.3 Å². The van der Waals surface area contributed by atoms with Gasteiger partial charge in [-0.15, -0.1) is 0 Å². The Hall–Kier alpha value is -2.22. The van der Waals surface area contributed by atoms with Crippen molar-refractivity contribution in [1.29, 1.82) is 0 Å². The van der Waals surface area contributed by atoms with E-state index < -0.39 is 0 Å². The minimum atomic E-state index is -0.262. The molecule has 158 valence electrons. The van der Waals surface area contributed by atoms with Gasteiger partial charge in [0.1, 0.15) is 5.75 Å². The number of hydrogen-bond donors (Lipinski definition) is 1. The molecule has 9 heteroatoms. The SMILES string of the molecule is COc1ccc(Cl)cc1NC(=O)CSc1nc2ccc(Cl)cc2c(=O)n1CC(C)C. The van der Waals surface area contributed by atoms with Gasteiger partial charge in [-0.2, -0.15) is 0 Å². The number of halogens is 2. The van der Waals surface area contributed by atoms with E-state index in [0.717, 1.165) is 0 Å².